The molecule has 3 rings (SSSR count). The molecule has 0 spiro atoms. The van der Waals surface area contributed by atoms with Gasteiger partial charge in [-0.25, -0.2) is 4.79 Å². The predicted molar refractivity (Wildman–Crippen MR) is 86.9 cm³/mol. The van der Waals surface area contributed by atoms with Gasteiger partial charge in [0.25, 0.3) is 5.91 Å². The fourth-order valence-corrected chi connectivity index (χ4v) is 2.42. The number of amides is 1. The molecule has 0 aliphatic carbocycles. The first-order valence-corrected chi connectivity index (χ1v) is 7.09. The quantitative estimate of drug-likeness (QED) is 0.709. The van der Waals surface area contributed by atoms with E-state index >= 15 is 0 Å². The third kappa shape index (κ3) is 2.84. The number of hydrogen-bond acceptors (Lipinski definition) is 3. The van der Waals surface area contributed by atoms with Gasteiger partial charge in [0.1, 0.15) is 11.3 Å². The maximum atomic E-state index is 12.2. The van der Waals surface area contributed by atoms with Crippen LogP contribution in [-0.2, 0) is 0 Å². The van der Waals surface area contributed by atoms with Gasteiger partial charge in [-0.3, -0.25) is 4.79 Å². The Balaban J connectivity index is 2.00. The Labute approximate surface area is 135 Å². The molecule has 0 aliphatic rings. The van der Waals surface area contributed by atoms with Crippen molar-refractivity contribution in [2.24, 2.45) is 0 Å². The number of anilines is 1. The average Bonchev–Trinajstić information content (AvgIpc) is 2.49. The van der Waals surface area contributed by atoms with Crippen LogP contribution in [0.1, 0.15) is 10.4 Å². The Kier molecular flexibility index (Phi) is 3.88. The fraction of sp³-hybridized carbons (Fsp3) is 0. The second-order valence-corrected chi connectivity index (χ2v) is 5.41. The summed E-state index contributed by atoms with van der Waals surface area (Å²) in [6, 6.07) is 12.9. The fourth-order valence-electron chi connectivity index (χ4n) is 2.02. The monoisotopic (exact) mass is 333 g/mol. The highest BCUT2D eigenvalue weighted by Crippen LogP contribution is 2.21. The number of carbonyl (C=O) groups is 1. The van der Waals surface area contributed by atoms with E-state index in [1.807, 2.05) is 0 Å². The second kappa shape index (κ2) is 5.83. The second-order valence-electron chi connectivity index (χ2n) is 4.56. The summed E-state index contributed by atoms with van der Waals surface area (Å²) in [5.41, 5.74) is 0.0508. The van der Waals surface area contributed by atoms with E-state index in [2.05, 4.69) is 5.32 Å². The van der Waals surface area contributed by atoms with Crippen LogP contribution in [0.4, 0.5) is 5.69 Å². The van der Waals surface area contributed by atoms with Crippen molar-refractivity contribution in [3.8, 4) is 0 Å². The van der Waals surface area contributed by atoms with E-state index in [-0.39, 0.29) is 11.3 Å². The number of nitrogens with one attached hydrogen (secondary N) is 1. The molecular weight excluding hydrogens is 325 g/mol. The van der Waals surface area contributed by atoms with Crippen molar-refractivity contribution in [2.45, 2.75) is 0 Å². The summed E-state index contributed by atoms with van der Waals surface area (Å²) in [5, 5.41) is 3.92. The number of fused-ring (bicyclic) bond motifs is 1. The Morgan fingerprint density at radius 1 is 1.05 bits per heavy atom. The molecule has 0 aliphatic heterocycles. The number of halogens is 2. The van der Waals surface area contributed by atoms with E-state index in [4.69, 9.17) is 27.6 Å². The van der Waals surface area contributed by atoms with E-state index in [9.17, 15) is 9.59 Å². The summed E-state index contributed by atoms with van der Waals surface area (Å²) in [4.78, 5) is 24.1. The third-order valence-corrected chi connectivity index (χ3v) is 3.63. The molecule has 2 aromatic carbocycles. The molecule has 0 fully saturated rings. The molecule has 0 unspecified atom stereocenters. The molecule has 0 saturated heterocycles. The Hall–Kier alpha value is -2.30. The smallest absolute Gasteiger partial charge is 0.360 e. The van der Waals surface area contributed by atoms with E-state index in [0.717, 1.165) is 0 Å². The summed E-state index contributed by atoms with van der Waals surface area (Å²) in [6.07, 6.45) is 0. The van der Waals surface area contributed by atoms with Crippen LogP contribution in [-0.4, -0.2) is 5.91 Å². The van der Waals surface area contributed by atoms with Gasteiger partial charge in [0.05, 0.1) is 10.6 Å². The Morgan fingerprint density at radius 2 is 1.82 bits per heavy atom. The highest BCUT2D eigenvalue weighted by atomic mass is 35.5. The molecule has 3 aromatic rings. The molecule has 0 atom stereocenters. The molecule has 0 radical (unpaired) electrons. The number of benzene rings is 2. The first-order valence-electron chi connectivity index (χ1n) is 6.34. The van der Waals surface area contributed by atoms with E-state index in [1.54, 1.807) is 42.5 Å². The van der Waals surface area contributed by atoms with E-state index < -0.39 is 11.5 Å². The zero-order valence-electron chi connectivity index (χ0n) is 11.1. The summed E-state index contributed by atoms with van der Waals surface area (Å²) in [6.45, 7) is 0. The zero-order chi connectivity index (χ0) is 15.7. The molecule has 1 N–H and O–H groups in total. The molecule has 1 heterocycles. The van der Waals surface area contributed by atoms with Gasteiger partial charge in [-0.15, -0.1) is 0 Å². The first kappa shape index (κ1) is 14.6. The minimum Gasteiger partial charge on any atom is -0.421 e. The van der Waals surface area contributed by atoms with Crippen LogP contribution in [0.15, 0.2) is 57.7 Å². The van der Waals surface area contributed by atoms with E-state index in [0.29, 0.717) is 21.0 Å². The summed E-state index contributed by atoms with van der Waals surface area (Å²) >= 11 is 11.9. The molecule has 1 aromatic heterocycles. The van der Waals surface area contributed by atoms with Crippen molar-refractivity contribution in [1.82, 2.24) is 0 Å². The topological polar surface area (TPSA) is 59.3 Å². The Morgan fingerprint density at radius 3 is 2.59 bits per heavy atom. The van der Waals surface area contributed by atoms with Crippen molar-refractivity contribution in [1.29, 1.82) is 0 Å². The average molecular weight is 334 g/mol. The van der Waals surface area contributed by atoms with Crippen molar-refractivity contribution in [3.05, 3.63) is 74.6 Å². The SMILES string of the molecule is O=C(Nc1cc2cc(Cl)ccc2oc1=O)c1ccccc1Cl. The Bertz CT molecular complexity index is 934. The van der Waals surface area contributed by atoms with Crippen LogP contribution < -0.4 is 10.9 Å². The molecule has 22 heavy (non-hydrogen) atoms. The van der Waals surface area contributed by atoms with Gasteiger partial charge in [0, 0.05) is 10.4 Å². The number of rotatable bonds is 2. The molecule has 0 saturated carbocycles. The first-order chi connectivity index (χ1) is 10.5. The lowest BCUT2D eigenvalue weighted by atomic mass is 10.2. The molecule has 4 nitrogen and oxygen atoms in total. The van der Waals surface area contributed by atoms with Crippen LogP contribution in [0.2, 0.25) is 10.0 Å². The van der Waals surface area contributed by atoms with Crippen molar-refractivity contribution in [3.63, 3.8) is 0 Å². The van der Waals surface area contributed by atoms with Crippen molar-refractivity contribution in [2.75, 3.05) is 5.32 Å². The van der Waals surface area contributed by atoms with Gasteiger partial charge >= 0.3 is 5.63 Å². The van der Waals surface area contributed by atoms with Crippen LogP contribution in [0.5, 0.6) is 0 Å². The van der Waals surface area contributed by atoms with Gasteiger partial charge in [-0.1, -0.05) is 35.3 Å². The van der Waals surface area contributed by atoms with Crippen LogP contribution in [0.25, 0.3) is 11.0 Å². The molecular formula is C16H9Cl2NO3. The number of carbonyl (C=O) groups excluding carboxylic acids is 1. The predicted octanol–water partition coefficient (Wildman–Crippen LogP) is 4.35. The lowest BCUT2D eigenvalue weighted by Gasteiger charge is -2.06. The summed E-state index contributed by atoms with van der Waals surface area (Å²) < 4.78 is 5.15. The van der Waals surface area contributed by atoms with Gasteiger partial charge in [0.15, 0.2) is 0 Å². The van der Waals surface area contributed by atoms with Crippen molar-refractivity contribution >= 4 is 45.8 Å². The molecule has 0 bridgehead atoms. The summed E-state index contributed by atoms with van der Waals surface area (Å²) in [7, 11) is 0. The normalized spacial score (nSPS) is 10.6. The highest BCUT2D eigenvalue weighted by molar-refractivity contribution is 6.34. The van der Waals surface area contributed by atoms with Crippen molar-refractivity contribution < 1.29 is 9.21 Å². The zero-order valence-corrected chi connectivity index (χ0v) is 12.6. The van der Waals surface area contributed by atoms with Gasteiger partial charge in [-0.05, 0) is 36.4 Å². The van der Waals surface area contributed by atoms with E-state index in [1.165, 1.54) is 6.07 Å². The molecule has 1 amide bonds. The largest absolute Gasteiger partial charge is 0.421 e. The van der Waals surface area contributed by atoms with Gasteiger partial charge in [0.2, 0.25) is 0 Å². The van der Waals surface area contributed by atoms with Crippen LogP contribution >= 0.6 is 23.2 Å². The highest BCUT2D eigenvalue weighted by Gasteiger charge is 2.13. The van der Waals surface area contributed by atoms with Crippen LogP contribution in [0, 0.1) is 0 Å². The number of hydrogen-bond donors (Lipinski definition) is 1. The maximum Gasteiger partial charge on any atom is 0.360 e. The summed E-state index contributed by atoms with van der Waals surface area (Å²) in [5.74, 6) is -0.487. The third-order valence-electron chi connectivity index (χ3n) is 3.06. The lowest BCUT2D eigenvalue weighted by molar-refractivity contribution is 0.102. The van der Waals surface area contributed by atoms with Crippen LogP contribution in [0.3, 0.4) is 0 Å². The lowest BCUT2D eigenvalue weighted by Crippen LogP contribution is -2.18. The van der Waals surface area contributed by atoms with Gasteiger partial charge < -0.3 is 9.73 Å². The minimum atomic E-state index is -0.643. The van der Waals surface area contributed by atoms with Gasteiger partial charge in [-0.2, -0.15) is 0 Å². The molecule has 110 valence electrons. The molecule has 6 heteroatoms. The standard InChI is InChI=1S/C16H9Cl2NO3/c17-10-5-6-14-9(7-10)8-13(16(21)22-14)19-15(20)11-3-1-2-4-12(11)18/h1-8H,(H,19,20). The minimum absolute atomic E-state index is 0.0275. The maximum absolute atomic E-state index is 12.2.